The number of carbonyl (C=O) groups excluding carboxylic acids is 1. The molecule has 1 fully saturated rings. The average molecular weight is 454 g/mol. The predicted octanol–water partition coefficient (Wildman–Crippen LogP) is 3.17. The van der Waals surface area contributed by atoms with Crippen LogP contribution in [0.25, 0.3) is 0 Å². The van der Waals surface area contributed by atoms with Crippen molar-refractivity contribution in [3.8, 4) is 0 Å². The molecule has 1 N–H and O–H groups in total. The molecule has 2 heterocycles. The zero-order chi connectivity index (χ0) is 23.1. The molecule has 0 atom stereocenters. The molecule has 176 valence electrons. The Hall–Kier alpha value is -2.43. The smallest absolute Gasteiger partial charge is 0.416 e. The number of hydrogen-bond donors (Lipinski definition) is 1. The van der Waals surface area contributed by atoms with Gasteiger partial charge in [-0.15, -0.1) is 0 Å². The molecule has 3 rings (SSSR count). The van der Waals surface area contributed by atoms with Crippen molar-refractivity contribution < 1.29 is 27.1 Å². The summed E-state index contributed by atoms with van der Waals surface area (Å²) < 4.78 is 51.3. The number of oxazole rings is 1. The average Bonchev–Trinajstić information content (AvgIpc) is 3.21. The zero-order valence-electron chi connectivity index (χ0n) is 18.3. The molecule has 0 spiro atoms. The van der Waals surface area contributed by atoms with Crippen molar-refractivity contribution in [1.82, 2.24) is 20.1 Å². The van der Waals surface area contributed by atoms with E-state index in [4.69, 9.17) is 9.15 Å². The van der Waals surface area contributed by atoms with Gasteiger partial charge in [0.15, 0.2) is 5.69 Å². The molecule has 1 saturated heterocycles. The summed E-state index contributed by atoms with van der Waals surface area (Å²) >= 11 is 0. The highest BCUT2D eigenvalue weighted by atomic mass is 19.4. The van der Waals surface area contributed by atoms with Crippen LogP contribution in [0.4, 0.5) is 13.2 Å². The van der Waals surface area contributed by atoms with Crippen LogP contribution in [0, 0.1) is 0 Å². The van der Waals surface area contributed by atoms with E-state index >= 15 is 0 Å². The van der Waals surface area contributed by atoms with E-state index in [2.05, 4.69) is 15.2 Å². The summed E-state index contributed by atoms with van der Waals surface area (Å²) in [6.07, 6.45) is -3.16. The molecule has 1 amide bonds. The van der Waals surface area contributed by atoms with Gasteiger partial charge in [-0.3, -0.25) is 14.6 Å². The van der Waals surface area contributed by atoms with Gasteiger partial charge in [-0.05, 0) is 25.5 Å². The second-order valence-corrected chi connectivity index (χ2v) is 8.07. The van der Waals surface area contributed by atoms with Crippen LogP contribution in [0.2, 0.25) is 0 Å². The highest BCUT2D eigenvalue weighted by Crippen LogP contribution is 2.32. The predicted molar refractivity (Wildman–Crippen MR) is 112 cm³/mol. The van der Waals surface area contributed by atoms with Gasteiger partial charge in [-0.1, -0.05) is 18.2 Å². The van der Waals surface area contributed by atoms with Crippen molar-refractivity contribution in [1.29, 1.82) is 0 Å². The first-order chi connectivity index (χ1) is 15.2. The number of carbonyl (C=O) groups is 1. The van der Waals surface area contributed by atoms with E-state index in [1.807, 2.05) is 18.7 Å². The largest absolute Gasteiger partial charge is 0.447 e. The van der Waals surface area contributed by atoms with Crippen LogP contribution >= 0.6 is 0 Å². The highest BCUT2D eigenvalue weighted by Gasteiger charge is 2.33. The minimum Gasteiger partial charge on any atom is -0.447 e. The molecule has 0 saturated carbocycles. The van der Waals surface area contributed by atoms with Crippen molar-refractivity contribution in [2.45, 2.75) is 39.2 Å². The normalized spacial score (nSPS) is 15.5. The molecular formula is C22H29F3N4O3. The van der Waals surface area contributed by atoms with E-state index in [9.17, 15) is 18.0 Å². The van der Waals surface area contributed by atoms with Crippen molar-refractivity contribution in [2.24, 2.45) is 0 Å². The third-order valence-corrected chi connectivity index (χ3v) is 5.12. The van der Waals surface area contributed by atoms with Gasteiger partial charge in [0.1, 0.15) is 6.26 Å². The Kier molecular flexibility index (Phi) is 8.27. The SMILES string of the molecule is CC(C)NC(=O)c1coc(CN(CCN2CCOCC2)Cc2ccccc2C(F)(F)F)n1. The maximum atomic E-state index is 13.5. The number of morpholine rings is 1. The number of benzene rings is 1. The number of alkyl halides is 3. The molecule has 1 aromatic carbocycles. The van der Waals surface area contributed by atoms with Crippen molar-refractivity contribution in [3.05, 3.63) is 53.2 Å². The molecular weight excluding hydrogens is 425 g/mol. The third-order valence-electron chi connectivity index (χ3n) is 5.12. The third kappa shape index (κ3) is 7.04. The van der Waals surface area contributed by atoms with Gasteiger partial charge < -0.3 is 14.5 Å². The number of nitrogens with zero attached hydrogens (tertiary/aromatic N) is 3. The fraction of sp³-hybridized carbons (Fsp3) is 0.545. The molecule has 1 aromatic heterocycles. The summed E-state index contributed by atoms with van der Waals surface area (Å²) in [7, 11) is 0. The zero-order valence-corrected chi connectivity index (χ0v) is 18.3. The van der Waals surface area contributed by atoms with Crippen molar-refractivity contribution in [2.75, 3.05) is 39.4 Å². The van der Waals surface area contributed by atoms with Crippen molar-refractivity contribution >= 4 is 5.91 Å². The Morgan fingerprint density at radius 3 is 2.62 bits per heavy atom. The number of ether oxygens (including phenoxy) is 1. The maximum Gasteiger partial charge on any atom is 0.416 e. The quantitative estimate of drug-likeness (QED) is 0.628. The van der Waals surface area contributed by atoms with Gasteiger partial charge in [0, 0.05) is 38.8 Å². The minimum absolute atomic E-state index is 0.0495. The lowest BCUT2D eigenvalue weighted by Crippen LogP contribution is -2.41. The summed E-state index contributed by atoms with van der Waals surface area (Å²) in [4.78, 5) is 20.4. The van der Waals surface area contributed by atoms with Crippen LogP contribution in [0.5, 0.6) is 0 Å². The van der Waals surface area contributed by atoms with Gasteiger partial charge in [0.2, 0.25) is 5.89 Å². The van der Waals surface area contributed by atoms with Gasteiger partial charge in [-0.25, -0.2) is 4.98 Å². The first-order valence-corrected chi connectivity index (χ1v) is 10.6. The summed E-state index contributed by atoms with van der Waals surface area (Å²) in [5.41, 5.74) is -0.315. The lowest BCUT2D eigenvalue weighted by Gasteiger charge is -2.30. The van der Waals surface area contributed by atoms with E-state index < -0.39 is 11.7 Å². The van der Waals surface area contributed by atoms with E-state index in [0.29, 0.717) is 26.3 Å². The van der Waals surface area contributed by atoms with Gasteiger partial charge in [0.25, 0.3) is 5.91 Å². The summed E-state index contributed by atoms with van der Waals surface area (Å²) in [6.45, 7) is 7.99. The Labute approximate surface area is 185 Å². The molecule has 2 aromatic rings. The lowest BCUT2D eigenvalue weighted by atomic mass is 10.1. The molecule has 0 bridgehead atoms. The molecule has 0 radical (unpaired) electrons. The van der Waals surface area contributed by atoms with E-state index in [1.165, 1.54) is 18.4 Å². The van der Waals surface area contributed by atoms with E-state index in [0.717, 1.165) is 19.2 Å². The van der Waals surface area contributed by atoms with Crippen LogP contribution in [0.1, 0.15) is 41.4 Å². The number of nitrogens with one attached hydrogen (secondary N) is 1. The topological polar surface area (TPSA) is 70.8 Å². The standard InChI is InChI=1S/C22H29F3N4O3/c1-16(2)26-21(30)19-15-32-20(27-19)14-29(8-7-28-9-11-31-12-10-28)13-17-5-3-4-6-18(17)22(23,24)25/h3-6,15-16H,7-14H2,1-2H3,(H,26,30). The van der Waals surface area contributed by atoms with Gasteiger partial charge in [-0.2, -0.15) is 13.2 Å². The molecule has 1 aliphatic heterocycles. The second-order valence-electron chi connectivity index (χ2n) is 8.07. The summed E-state index contributed by atoms with van der Waals surface area (Å²) in [6, 6.07) is 5.52. The van der Waals surface area contributed by atoms with E-state index in [-0.39, 0.29) is 42.2 Å². The number of amides is 1. The molecule has 32 heavy (non-hydrogen) atoms. The molecule has 7 nitrogen and oxygen atoms in total. The Morgan fingerprint density at radius 1 is 1.22 bits per heavy atom. The van der Waals surface area contributed by atoms with Crippen LogP contribution in [-0.4, -0.2) is 66.1 Å². The summed E-state index contributed by atoms with van der Waals surface area (Å²) in [5.74, 6) is -0.0670. The monoisotopic (exact) mass is 454 g/mol. The maximum absolute atomic E-state index is 13.5. The van der Waals surface area contributed by atoms with Gasteiger partial charge in [0.05, 0.1) is 25.3 Å². The highest BCUT2D eigenvalue weighted by molar-refractivity contribution is 5.92. The lowest BCUT2D eigenvalue weighted by molar-refractivity contribution is -0.138. The second kappa shape index (κ2) is 10.9. The fourth-order valence-corrected chi connectivity index (χ4v) is 3.51. The minimum atomic E-state index is -4.43. The first-order valence-electron chi connectivity index (χ1n) is 10.6. The molecule has 0 aliphatic carbocycles. The Bertz CT molecular complexity index is 879. The molecule has 1 aliphatic rings. The fourth-order valence-electron chi connectivity index (χ4n) is 3.51. The number of rotatable bonds is 9. The number of halogens is 3. The van der Waals surface area contributed by atoms with E-state index in [1.54, 1.807) is 6.07 Å². The Morgan fingerprint density at radius 2 is 1.94 bits per heavy atom. The van der Waals surface area contributed by atoms with Crippen LogP contribution in [0.15, 0.2) is 34.9 Å². The molecule has 0 unspecified atom stereocenters. The Balaban J connectivity index is 1.74. The van der Waals surface area contributed by atoms with Gasteiger partial charge >= 0.3 is 6.18 Å². The number of hydrogen-bond acceptors (Lipinski definition) is 6. The van der Waals surface area contributed by atoms with Crippen LogP contribution in [0.3, 0.4) is 0 Å². The van der Waals surface area contributed by atoms with Crippen LogP contribution < -0.4 is 5.32 Å². The first kappa shape index (κ1) is 24.2. The number of aromatic nitrogens is 1. The summed E-state index contributed by atoms with van der Waals surface area (Å²) in [5, 5.41) is 2.74. The van der Waals surface area contributed by atoms with Crippen LogP contribution in [-0.2, 0) is 24.0 Å². The molecule has 10 heteroatoms. The van der Waals surface area contributed by atoms with Crippen molar-refractivity contribution in [3.63, 3.8) is 0 Å².